The fourth-order valence-corrected chi connectivity index (χ4v) is 3.39. The SMILES string of the molecule is C[C@]1(O)CN(CC(=O)Nc2ccccc2OC(F)F)CC[C@@H]1Oc1ccccc1. The Morgan fingerprint density at radius 2 is 1.93 bits per heavy atom. The summed E-state index contributed by atoms with van der Waals surface area (Å²) in [5, 5.41) is 13.4. The number of benzene rings is 2. The smallest absolute Gasteiger partial charge is 0.387 e. The molecule has 0 saturated carbocycles. The predicted molar refractivity (Wildman–Crippen MR) is 104 cm³/mol. The predicted octanol–water partition coefficient (Wildman–Crippen LogP) is 3.13. The lowest BCUT2D eigenvalue weighted by Gasteiger charge is -2.42. The van der Waals surface area contributed by atoms with Crippen molar-refractivity contribution in [1.82, 2.24) is 4.90 Å². The minimum Gasteiger partial charge on any atom is -0.487 e. The summed E-state index contributed by atoms with van der Waals surface area (Å²) in [7, 11) is 0. The summed E-state index contributed by atoms with van der Waals surface area (Å²) in [5.74, 6) is 0.200. The maximum atomic E-state index is 12.5. The van der Waals surface area contributed by atoms with Crippen LogP contribution in [0.5, 0.6) is 11.5 Å². The number of aliphatic hydroxyl groups is 1. The van der Waals surface area contributed by atoms with E-state index in [-0.39, 0.29) is 30.4 Å². The molecule has 0 spiro atoms. The van der Waals surface area contributed by atoms with Crippen LogP contribution in [0.2, 0.25) is 0 Å². The molecule has 156 valence electrons. The number of β-amino-alcohol motifs (C(OH)–C–C–N with tert-alkyl or cyclic N) is 1. The molecule has 1 amide bonds. The van der Waals surface area contributed by atoms with Gasteiger partial charge in [0.05, 0.1) is 12.2 Å². The second-order valence-corrected chi connectivity index (χ2v) is 7.20. The molecule has 0 aromatic heterocycles. The zero-order chi connectivity index (χ0) is 20.9. The third-order valence-corrected chi connectivity index (χ3v) is 4.71. The quantitative estimate of drug-likeness (QED) is 0.739. The van der Waals surface area contributed by atoms with Crippen molar-refractivity contribution in [3.05, 3.63) is 54.6 Å². The fraction of sp³-hybridized carbons (Fsp3) is 0.381. The summed E-state index contributed by atoms with van der Waals surface area (Å²) in [4.78, 5) is 14.2. The number of piperidine rings is 1. The molecule has 2 atom stereocenters. The Hall–Kier alpha value is -2.71. The van der Waals surface area contributed by atoms with Crippen LogP contribution < -0.4 is 14.8 Å². The van der Waals surface area contributed by atoms with Gasteiger partial charge in [0.15, 0.2) is 0 Å². The maximum Gasteiger partial charge on any atom is 0.387 e. The fourth-order valence-electron chi connectivity index (χ4n) is 3.39. The summed E-state index contributed by atoms with van der Waals surface area (Å²) >= 11 is 0. The van der Waals surface area contributed by atoms with Crippen molar-refractivity contribution in [2.75, 3.05) is 25.0 Å². The molecule has 1 fully saturated rings. The van der Waals surface area contributed by atoms with Crippen LogP contribution >= 0.6 is 0 Å². The molecule has 0 radical (unpaired) electrons. The first-order chi connectivity index (χ1) is 13.8. The van der Waals surface area contributed by atoms with Gasteiger partial charge in [-0.15, -0.1) is 0 Å². The molecule has 0 aliphatic carbocycles. The Labute approximate surface area is 168 Å². The average Bonchev–Trinajstić information content (AvgIpc) is 2.65. The van der Waals surface area contributed by atoms with Crippen LogP contribution in [0.3, 0.4) is 0 Å². The van der Waals surface area contributed by atoms with Crippen LogP contribution in [0.4, 0.5) is 14.5 Å². The topological polar surface area (TPSA) is 71.0 Å². The van der Waals surface area contributed by atoms with Crippen LogP contribution in [0.25, 0.3) is 0 Å². The van der Waals surface area contributed by atoms with Crippen molar-refractivity contribution < 1.29 is 28.2 Å². The minimum absolute atomic E-state index is 0.0111. The number of anilines is 1. The highest BCUT2D eigenvalue weighted by Gasteiger charge is 2.40. The number of alkyl halides is 2. The van der Waals surface area contributed by atoms with E-state index < -0.39 is 18.3 Å². The Bertz CT molecular complexity index is 817. The number of carbonyl (C=O) groups excluding carboxylic acids is 1. The van der Waals surface area contributed by atoms with E-state index in [1.807, 2.05) is 30.3 Å². The third-order valence-electron chi connectivity index (χ3n) is 4.71. The van der Waals surface area contributed by atoms with Gasteiger partial charge in [0.25, 0.3) is 0 Å². The summed E-state index contributed by atoms with van der Waals surface area (Å²) in [6, 6.07) is 15.3. The third kappa shape index (κ3) is 5.88. The first-order valence-corrected chi connectivity index (χ1v) is 9.33. The van der Waals surface area contributed by atoms with Gasteiger partial charge in [0.2, 0.25) is 5.91 Å². The summed E-state index contributed by atoms with van der Waals surface area (Å²) in [5.41, 5.74) is -0.975. The van der Waals surface area contributed by atoms with Gasteiger partial charge in [-0.1, -0.05) is 30.3 Å². The van der Waals surface area contributed by atoms with E-state index in [1.165, 1.54) is 12.1 Å². The number of hydrogen-bond donors (Lipinski definition) is 2. The number of ether oxygens (including phenoxy) is 2. The van der Waals surface area contributed by atoms with E-state index in [0.29, 0.717) is 18.7 Å². The van der Waals surface area contributed by atoms with Crippen LogP contribution in [0.1, 0.15) is 13.3 Å². The van der Waals surface area contributed by atoms with E-state index >= 15 is 0 Å². The van der Waals surface area contributed by atoms with Crippen molar-refractivity contribution in [3.63, 3.8) is 0 Å². The molecule has 6 nitrogen and oxygen atoms in total. The van der Waals surface area contributed by atoms with E-state index in [9.17, 15) is 18.7 Å². The Morgan fingerprint density at radius 1 is 1.24 bits per heavy atom. The molecule has 1 aliphatic rings. The molecule has 8 heteroatoms. The standard InChI is InChI=1S/C21H24F2N2O4/c1-21(27)14-25(12-11-18(21)28-15-7-3-2-4-8-15)13-19(26)24-16-9-5-6-10-17(16)29-20(22)23/h2-10,18,20,27H,11-14H2,1H3,(H,24,26)/t18-,21-/m0/s1. The van der Waals surface area contributed by atoms with Crippen LogP contribution in [-0.4, -0.2) is 53.9 Å². The van der Waals surface area contributed by atoms with Gasteiger partial charge in [-0.05, 0) is 37.6 Å². The van der Waals surface area contributed by atoms with Gasteiger partial charge in [0.1, 0.15) is 23.2 Å². The van der Waals surface area contributed by atoms with Crippen molar-refractivity contribution in [2.24, 2.45) is 0 Å². The molecule has 2 aromatic rings. The molecule has 0 bridgehead atoms. The number of nitrogens with zero attached hydrogens (tertiary/aromatic N) is 1. The lowest BCUT2D eigenvalue weighted by molar-refractivity contribution is -0.123. The van der Waals surface area contributed by atoms with Crippen LogP contribution in [-0.2, 0) is 4.79 Å². The zero-order valence-corrected chi connectivity index (χ0v) is 16.1. The van der Waals surface area contributed by atoms with Gasteiger partial charge in [-0.25, -0.2) is 0 Å². The summed E-state index contributed by atoms with van der Waals surface area (Å²) in [6.07, 6.45) is 0.143. The van der Waals surface area contributed by atoms with Crippen LogP contribution in [0.15, 0.2) is 54.6 Å². The van der Waals surface area contributed by atoms with Gasteiger partial charge >= 0.3 is 6.61 Å². The number of nitrogens with one attached hydrogen (secondary N) is 1. The van der Waals surface area contributed by atoms with Crippen molar-refractivity contribution >= 4 is 11.6 Å². The maximum absolute atomic E-state index is 12.5. The molecule has 29 heavy (non-hydrogen) atoms. The highest BCUT2D eigenvalue weighted by molar-refractivity contribution is 5.93. The normalized spacial score (nSPS) is 22.3. The van der Waals surface area contributed by atoms with Gasteiger partial charge < -0.3 is 19.9 Å². The van der Waals surface area contributed by atoms with Crippen LogP contribution in [0, 0.1) is 0 Å². The second-order valence-electron chi connectivity index (χ2n) is 7.20. The van der Waals surface area contributed by atoms with Crippen molar-refractivity contribution in [1.29, 1.82) is 0 Å². The number of hydrogen-bond acceptors (Lipinski definition) is 5. The molecular weight excluding hydrogens is 382 g/mol. The zero-order valence-electron chi connectivity index (χ0n) is 16.1. The summed E-state index contributed by atoms with van der Waals surface area (Å²) in [6.45, 7) is -0.497. The first-order valence-electron chi connectivity index (χ1n) is 9.33. The number of rotatable bonds is 7. The highest BCUT2D eigenvalue weighted by Crippen LogP contribution is 2.27. The van der Waals surface area contributed by atoms with E-state index in [4.69, 9.17) is 4.74 Å². The number of para-hydroxylation sites is 3. The lowest BCUT2D eigenvalue weighted by Crippen LogP contribution is -2.58. The van der Waals surface area contributed by atoms with Gasteiger partial charge in [-0.2, -0.15) is 8.78 Å². The highest BCUT2D eigenvalue weighted by atomic mass is 19.3. The molecule has 1 aliphatic heterocycles. The molecule has 3 rings (SSSR count). The Morgan fingerprint density at radius 3 is 2.62 bits per heavy atom. The molecule has 2 N–H and O–H groups in total. The van der Waals surface area contributed by atoms with E-state index in [2.05, 4.69) is 10.1 Å². The average molecular weight is 406 g/mol. The molecule has 1 heterocycles. The van der Waals surface area contributed by atoms with Crippen molar-refractivity contribution in [3.8, 4) is 11.5 Å². The van der Waals surface area contributed by atoms with Crippen molar-refractivity contribution in [2.45, 2.75) is 31.7 Å². The van der Waals surface area contributed by atoms with Gasteiger partial charge in [-0.3, -0.25) is 9.69 Å². The molecule has 1 saturated heterocycles. The van der Waals surface area contributed by atoms with E-state index in [1.54, 1.807) is 24.0 Å². The lowest BCUT2D eigenvalue weighted by atomic mass is 9.91. The molecule has 0 unspecified atom stereocenters. The number of halogens is 2. The number of carbonyl (C=O) groups is 1. The minimum atomic E-state index is -2.98. The number of amides is 1. The first kappa shape index (κ1) is 21.0. The van der Waals surface area contributed by atoms with Gasteiger partial charge in [0, 0.05) is 13.1 Å². The second kappa shape index (κ2) is 9.19. The van der Waals surface area contributed by atoms with E-state index in [0.717, 1.165) is 0 Å². The monoisotopic (exact) mass is 406 g/mol. The number of likely N-dealkylation sites (tertiary alicyclic amines) is 1. The Kier molecular flexibility index (Phi) is 6.66. The molecule has 2 aromatic carbocycles. The summed E-state index contributed by atoms with van der Waals surface area (Å²) < 4.78 is 35.3. The molecular formula is C21H24F2N2O4. The largest absolute Gasteiger partial charge is 0.487 e. The Balaban J connectivity index is 1.56.